The van der Waals surface area contributed by atoms with Gasteiger partial charge < -0.3 is 20.7 Å². The molecule has 1 aromatic heterocycles. The smallest absolute Gasteiger partial charge is 0.287 e. The Morgan fingerprint density at radius 3 is 2.33 bits per heavy atom. The van der Waals surface area contributed by atoms with E-state index in [9.17, 15) is 15.0 Å². The molecule has 1 amide bonds. The van der Waals surface area contributed by atoms with Gasteiger partial charge in [-0.3, -0.25) is 9.36 Å². The standard InChI is InChI=1S/C23H22N4O4.C2H6/c1-4-6-7-14(5-2)17-12-18(20(29)13-19(17)28)22-25-26-23(21(24)30)27(22)15-8-10-16(31-3)11-9-15;1-2/h4-13,28-29H,1H2,2-3H3,(H2,24,30);1-2H3/b7-6-,14-5+;. The number of carbonyl (C=O) groups is 1. The van der Waals surface area contributed by atoms with Gasteiger partial charge in [-0.25, -0.2) is 0 Å². The van der Waals surface area contributed by atoms with Gasteiger partial charge in [0, 0.05) is 17.3 Å². The average Bonchev–Trinajstić information content (AvgIpc) is 3.27. The fourth-order valence-electron chi connectivity index (χ4n) is 3.09. The average molecular weight is 449 g/mol. The van der Waals surface area contributed by atoms with Crippen LogP contribution in [-0.2, 0) is 0 Å². The van der Waals surface area contributed by atoms with Crippen LogP contribution in [0.25, 0.3) is 22.6 Å². The molecule has 1 heterocycles. The second-order valence-electron chi connectivity index (χ2n) is 6.47. The predicted octanol–water partition coefficient (Wildman–Crippen LogP) is 4.62. The van der Waals surface area contributed by atoms with Gasteiger partial charge in [-0.15, -0.1) is 10.2 Å². The molecule has 2 aromatic carbocycles. The van der Waals surface area contributed by atoms with E-state index in [1.807, 2.05) is 20.8 Å². The number of phenols is 2. The van der Waals surface area contributed by atoms with Crippen LogP contribution in [0.2, 0.25) is 0 Å². The number of nitrogens with two attached hydrogens (primary N) is 1. The topological polar surface area (TPSA) is 123 Å². The third kappa shape index (κ3) is 5.30. The minimum atomic E-state index is -0.781. The molecule has 0 saturated carbocycles. The van der Waals surface area contributed by atoms with Gasteiger partial charge in [0.05, 0.1) is 12.7 Å². The quantitative estimate of drug-likeness (QED) is 0.453. The van der Waals surface area contributed by atoms with Crippen molar-refractivity contribution in [3.63, 3.8) is 0 Å². The zero-order valence-corrected chi connectivity index (χ0v) is 19.1. The fourth-order valence-corrected chi connectivity index (χ4v) is 3.09. The summed E-state index contributed by atoms with van der Waals surface area (Å²) in [6.45, 7) is 9.47. The molecule has 0 aliphatic heterocycles. The van der Waals surface area contributed by atoms with Crippen LogP contribution in [0.3, 0.4) is 0 Å². The van der Waals surface area contributed by atoms with Gasteiger partial charge in [0.1, 0.15) is 17.2 Å². The molecule has 0 bridgehead atoms. The molecule has 8 heteroatoms. The minimum Gasteiger partial charge on any atom is -0.507 e. The zero-order chi connectivity index (χ0) is 24.5. The molecule has 172 valence electrons. The second kappa shape index (κ2) is 11.3. The molecule has 0 aliphatic carbocycles. The molecule has 0 unspecified atom stereocenters. The molecule has 3 rings (SSSR count). The van der Waals surface area contributed by atoms with Crippen molar-refractivity contribution in [3.8, 4) is 34.3 Å². The Kier molecular flexibility index (Phi) is 8.56. The van der Waals surface area contributed by atoms with Crippen molar-refractivity contribution in [2.24, 2.45) is 5.73 Å². The Bertz CT molecular complexity index is 1190. The van der Waals surface area contributed by atoms with E-state index in [1.165, 1.54) is 10.6 Å². The number of hydrogen-bond donors (Lipinski definition) is 3. The molecule has 3 aromatic rings. The number of hydrogen-bond acceptors (Lipinski definition) is 6. The molecular formula is C25H28N4O4. The summed E-state index contributed by atoms with van der Waals surface area (Å²) in [6, 6.07) is 9.63. The number of allylic oxidation sites excluding steroid dienone is 5. The van der Waals surface area contributed by atoms with Crippen molar-refractivity contribution in [1.82, 2.24) is 14.8 Å². The highest BCUT2D eigenvalue weighted by atomic mass is 16.5. The Balaban J connectivity index is 0.00000187. The normalized spacial score (nSPS) is 11.1. The molecule has 0 saturated heterocycles. The third-order valence-electron chi connectivity index (χ3n) is 4.60. The van der Waals surface area contributed by atoms with Gasteiger partial charge in [0.25, 0.3) is 5.91 Å². The van der Waals surface area contributed by atoms with Crippen LogP contribution in [0, 0.1) is 0 Å². The van der Waals surface area contributed by atoms with Crippen LogP contribution in [0.15, 0.2) is 67.3 Å². The Hall–Kier alpha value is -4.33. The number of aromatic hydroxyl groups is 2. The number of amides is 1. The highest BCUT2D eigenvalue weighted by Gasteiger charge is 2.23. The van der Waals surface area contributed by atoms with Gasteiger partial charge in [0.15, 0.2) is 5.82 Å². The van der Waals surface area contributed by atoms with Crippen molar-refractivity contribution in [2.75, 3.05) is 7.11 Å². The molecule has 0 aliphatic rings. The van der Waals surface area contributed by atoms with E-state index >= 15 is 0 Å². The van der Waals surface area contributed by atoms with Crippen LogP contribution in [0.4, 0.5) is 0 Å². The number of methoxy groups -OCH3 is 1. The fraction of sp³-hybridized carbons (Fsp3) is 0.160. The highest BCUT2D eigenvalue weighted by Crippen LogP contribution is 2.38. The van der Waals surface area contributed by atoms with Crippen molar-refractivity contribution >= 4 is 11.5 Å². The second-order valence-corrected chi connectivity index (χ2v) is 6.47. The molecule has 4 N–H and O–H groups in total. The summed E-state index contributed by atoms with van der Waals surface area (Å²) in [4.78, 5) is 12.0. The molecule has 33 heavy (non-hydrogen) atoms. The summed E-state index contributed by atoms with van der Waals surface area (Å²) in [7, 11) is 1.55. The van der Waals surface area contributed by atoms with Gasteiger partial charge >= 0.3 is 0 Å². The van der Waals surface area contributed by atoms with E-state index in [4.69, 9.17) is 10.5 Å². The summed E-state index contributed by atoms with van der Waals surface area (Å²) in [5, 5.41) is 29.0. The Morgan fingerprint density at radius 2 is 1.79 bits per heavy atom. The molecule has 0 radical (unpaired) electrons. The molecule has 0 spiro atoms. The number of benzene rings is 2. The van der Waals surface area contributed by atoms with E-state index in [0.717, 1.165) is 0 Å². The summed E-state index contributed by atoms with van der Waals surface area (Å²) in [5.74, 6) is -0.430. The molecule has 0 atom stereocenters. The monoisotopic (exact) mass is 448 g/mol. The van der Waals surface area contributed by atoms with E-state index in [0.29, 0.717) is 22.6 Å². The predicted molar refractivity (Wildman–Crippen MR) is 130 cm³/mol. The number of carbonyl (C=O) groups excluding carboxylic acids is 1. The number of ether oxygens (including phenoxy) is 1. The molecular weight excluding hydrogens is 420 g/mol. The first-order valence-corrected chi connectivity index (χ1v) is 10.3. The first kappa shape index (κ1) is 24.9. The zero-order valence-electron chi connectivity index (χ0n) is 19.1. The van der Waals surface area contributed by atoms with Crippen LogP contribution in [-0.4, -0.2) is 38.0 Å². The number of primary amides is 1. The van der Waals surface area contributed by atoms with Crippen molar-refractivity contribution in [1.29, 1.82) is 0 Å². The lowest BCUT2D eigenvalue weighted by molar-refractivity contribution is 0.0988. The van der Waals surface area contributed by atoms with E-state index < -0.39 is 5.91 Å². The maximum absolute atomic E-state index is 12.0. The minimum absolute atomic E-state index is 0.105. The lowest BCUT2D eigenvalue weighted by atomic mass is 10.00. The lowest BCUT2D eigenvalue weighted by Crippen LogP contribution is -2.17. The molecule has 8 nitrogen and oxygen atoms in total. The van der Waals surface area contributed by atoms with Crippen molar-refractivity contribution in [2.45, 2.75) is 20.8 Å². The van der Waals surface area contributed by atoms with E-state index in [1.54, 1.807) is 61.7 Å². The van der Waals surface area contributed by atoms with Gasteiger partial charge in [-0.2, -0.15) is 0 Å². The number of aromatic nitrogens is 3. The number of phenolic OH excluding ortho intramolecular Hbond substituents is 2. The maximum Gasteiger partial charge on any atom is 0.287 e. The van der Waals surface area contributed by atoms with Gasteiger partial charge in [-0.05, 0) is 42.8 Å². The van der Waals surface area contributed by atoms with Crippen LogP contribution >= 0.6 is 0 Å². The number of rotatable bonds is 7. The Morgan fingerprint density at radius 1 is 1.12 bits per heavy atom. The van der Waals surface area contributed by atoms with Gasteiger partial charge in [0.2, 0.25) is 5.82 Å². The van der Waals surface area contributed by atoms with Crippen molar-refractivity contribution < 1.29 is 19.7 Å². The summed E-state index contributed by atoms with van der Waals surface area (Å²) in [5.41, 5.74) is 7.46. The lowest BCUT2D eigenvalue weighted by Gasteiger charge is -2.13. The summed E-state index contributed by atoms with van der Waals surface area (Å²) >= 11 is 0. The summed E-state index contributed by atoms with van der Waals surface area (Å²) < 4.78 is 6.62. The Labute approximate surface area is 193 Å². The van der Waals surface area contributed by atoms with Gasteiger partial charge in [-0.1, -0.05) is 44.7 Å². The van der Waals surface area contributed by atoms with E-state index in [2.05, 4.69) is 16.8 Å². The first-order chi connectivity index (χ1) is 15.9. The van der Waals surface area contributed by atoms with Crippen LogP contribution in [0.1, 0.15) is 37.0 Å². The van der Waals surface area contributed by atoms with Crippen LogP contribution in [0.5, 0.6) is 17.2 Å². The third-order valence-corrected chi connectivity index (χ3v) is 4.60. The maximum atomic E-state index is 12.0. The number of nitrogens with zero attached hydrogens (tertiary/aromatic N) is 3. The molecule has 0 fully saturated rings. The summed E-state index contributed by atoms with van der Waals surface area (Å²) in [6.07, 6.45) is 6.92. The highest BCUT2D eigenvalue weighted by molar-refractivity contribution is 5.91. The first-order valence-electron chi connectivity index (χ1n) is 10.3. The van der Waals surface area contributed by atoms with Crippen LogP contribution < -0.4 is 10.5 Å². The SMILES string of the molecule is C=C/C=C\C(=C/C)c1cc(-c2nnc(C(N)=O)n2-c2ccc(OC)cc2)c(O)cc1O.CC. The van der Waals surface area contributed by atoms with Crippen molar-refractivity contribution in [3.05, 3.63) is 78.7 Å². The van der Waals surface area contributed by atoms with E-state index in [-0.39, 0.29) is 28.7 Å². The largest absolute Gasteiger partial charge is 0.507 e.